The summed E-state index contributed by atoms with van der Waals surface area (Å²) >= 11 is 0. The molecule has 132 valence electrons. The molecule has 8 heteroatoms. The van der Waals surface area contributed by atoms with E-state index in [1.807, 2.05) is 27.7 Å². The molecule has 1 amide bonds. The summed E-state index contributed by atoms with van der Waals surface area (Å²) in [6, 6.07) is -0.543. The van der Waals surface area contributed by atoms with Crippen molar-refractivity contribution in [1.82, 2.24) is 9.62 Å². The number of halogens is 1. The number of carbonyl (C=O) groups is 1. The molecule has 0 aromatic heterocycles. The first kappa shape index (κ1) is 21.6. The summed E-state index contributed by atoms with van der Waals surface area (Å²) in [6.45, 7) is 8.58. The van der Waals surface area contributed by atoms with Crippen LogP contribution in [0.4, 0.5) is 0 Å². The lowest BCUT2D eigenvalue weighted by Crippen LogP contribution is -2.54. The third-order valence-corrected chi connectivity index (χ3v) is 5.95. The smallest absolute Gasteiger partial charge is 0.237 e. The maximum absolute atomic E-state index is 12.1. The molecule has 22 heavy (non-hydrogen) atoms. The Balaban J connectivity index is 0.00000441. The first-order valence-electron chi connectivity index (χ1n) is 7.61. The van der Waals surface area contributed by atoms with Crippen LogP contribution in [-0.2, 0) is 14.8 Å². The van der Waals surface area contributed by atoms with Crippen molar-refractivity contribution in [2.75, 3.05) is 18.8 Å². The van der Waals surface area contributed by atoms with E-state index in [4.69, 9.17) is 5.73 Å². The van der Waals surface area contributed by atoms with E-state index in [0.29, 0.717) is 32.4 Å². The number of hydrogen-bond acceptors (Lipinski definition) is 4. The van der Waals surface area contributed by atoms with Gasteiger partial charge in [-0.3, -0.25) is 4.79 Å². The maximum atomic E-state index is 12.1. The largest absolute Gasteiger partial charge is 0.352 e. The Bertz CT molecular complexity index is 454. The van der Waals surface area contributed by atoms with Crippen LogP contribution in [0.15, 0.2) is 0 Å². The van der Waals surface area contributed by atoms with Crippen molar-refractivity contribution >= 4 is 28.3 Å². The standard InChI is InChI=1S/C14H29N3O3S.ClH/c1-5-10-21(19,20)17-8-6-11(7-9-17)16-13(18)12(15)14(2,3)4;/h11-12H,5-10,15H2,1-4H3,(H,16,18);1H/t12-;/m1./s1. The Morgan fingerprint density at radius 1 is 1.32 bits per heavy atom. The van der Waals surface area contributed by atoms with Gasteiger partial charge in [0.05, 0.1) is 11.8 Å². The minimum atomic E-state index is -3.13. The van der Waals surface area contributed by atoms with E-state index >= 15 is 0 Å². The Kier molecular flexibility index (Phi) is 8.33. The first-order valence-corrected chi connectivity index (χ1v) is 9.22. The van der Waals surface area contributed by atoms with Crippen LogP contribution in [0.2, 0.25) is 0 Å². The topological polar surface area (TPSA) is 92.5 Å². The highest BCUT2D eigenvalue weighted by molar-refractivity contribution is 7.89. The Hall–Kier alpha value is -0.370. The van der Waals surface area contributed by atoms with Gasteiger partial charge in [0.1, 0.15) is 0 Å². The van der Waals surface area contributed by atoms with Crippen LogP contribution in [0.1, 0.15) is 47.0 Å². The molecular weight excluding hydrogens is 326 g/mol. The van der Waals surface area contributed by atoms with Gasteiger partial charge in [0.2, 0.25) is 15.9 Å². The monoisotopic (exact) mass is 355 g/mol. The van der Waals surface area contributed by atoms with Crippen molar-refractivity contribution in [2.45, 2.75) is 59.0 Å². The van der Waals surface area contributed by atoms with E-state index in [1.54, 1.807) is 0 Å². The minimum absolute atomic E-state index is 0. The molecule has 0 aliphatic carbocycles. The van der Waals surface area contributed by atoms with Gasteiger partial charge in [0.15, 0.2) is 0 Å². The quantitative estimate of drug-likeness (QED) is 0.772. The number of rotatable bonds is 5. The molecule has 0 radical (unpaired) electrons. The fourth-order valence-corrected chi connectivity index (χ4v) is 3.89. The summed E-state index contributed by atoms with van der Waals surface area (Å²) in [5, 5.41) is 2.94. The fourth-order valence-electron chi connectivity index (χ4n) is 2.35. The van der Waals surface area contributed by atoms with Crippen LogP contribution in [0, 0.1) is 5.41 Å². The zero-order valence-corrected chi connectivity index (χ0v) is 15.6. The van der Waals surface area contributed by atoms with Crippen LogP contribution < -0.4 is 11.1 Å². The number of amides is 1. The number of piperidine rings is 1. The highest BCUT2D eigenvalue weighted by Gasteiger charge is 2.31. The molecule has 0 unspecified atom stereocenters. The number of nitrogens with zero attached hydrogens (tertiary/aromatic N) is 1. The summed E-state index contributed by atoms with van der Waals surface area (Å²) in [5.74, 6) is 0.0382. The van der Waals surface area contributed by atoms with Gasteiger partial charge in [-0.1, -0.05) is 27.7 Å². The van der Waals surface area contributed by atoms with Gasteiger partial charge in [-0.15, -0.1) is 12.4 Å². The molecule has 1 rings (SSSR count). The molecule has 0 saturated carbocycles. The van der Waals surface area contributed by atoms with Crippen LogP contribution in [0.25, 0.3) is 0 Å². The van der Waals surface area contributed by atoms with E-state index in [0.717, 1.165) is 0 Å². The molecule has 0 aromatic carbocycles. The van der Waals surface area contributed by atoms with Crippen LogP contribution in [0.5, 0.6) is 0 Å². The van der Waals surface area contributed by atoms with Gasteiger partial charge >= 0.3 is 0 Å². The van der Waals surface area contributed by atoms with Crippen LogP contribution >= 0.6 is 12.4 Å². The number of carbonyl (C=O) groups excluding carboxylic acids is 1. The van der Waals surface area contributed by atoms with Gasteiger partial charge in [-0.2, -0.15) is 0 Å². The molecule has 0 spiro atoms. The minimum Gasteiger partial charge on any atom is -0.352 e. The van der Waals surface area contributed by atoms with Crippen molar-refractivity contribution < 1.29 is 13.2 Å². The molecule has 1 saturated heterocycles. The zero-order chi connectivity index (χ0) is 16.3. The predicted octanol–water partition coefficient (Wildman–Crippen LogP) is 1.10. The zero-order valence-electron chi connectivity index (χ0n) is 14.0. The fraction of sp³-hybridized carbons (Fsp3) is 0.929. The Morgan fingerprint density at radius 3 is 2.23 bits per heavy atom. The molecule has 1 aliphatic rings. The SMILES string of the molecule is CCCS(=O)(=O)N1CCC(NC(=O)[C@@H](N)C(C)(C)C)CC1.Cl. The molecule has 0 aromatic rings. The van der Waals surface area contributed by atoms with Crippen molar-refractivity contribution in [2.24, 2.45) is 11.1 Å². The summed E-state index contributed by atoms with van der Waals surface area (Å²) in [6.07, 6.45) is 1.91. The summed E-state index contributed by atoms with van der Waals surface area (Å²) < 4.78 is 25.5. The second-order valence-corrected chi connectivity index (χ2v) is 8.93. The van der Waals surface area contributed by atoms with Crippen molar-refractivity contribution in [3.63, 3.8) is 0 Å². The van der Waals surface area contributed by atoms with Crippen molar-refractivity contribution in [3.8, 4) is 0 Å². The number of hydrogen-bond donors (Lipinski definition) is 2. The van der Waals surface area contributed by atoms with E-state index in [1.165, 1.54) is 4.31 Å². The van der Waals surface area contributed by atoms with Gasteiger partial charge in [-0.05, 0) is 24.7 Å². The normalized spacial score (nSPS) is 19.3. The molecule has 1 fully saturated rings. The van der Waals surface area contributed by atoms with E-state index in [-0.39, 0.29) is 35.5 Å². The molecule has 1 atom stereocenters. The van der Waals surface area contributed by atoms with Gasteiger partial charge in [0, 0.05) is 19.1 Å². The molecule has 1 aliphatic heterocycles. The second kappa shape index (κ2) is 8.47. The molecule has 0 bridgehead atoms. The number of nitrogens with one attached hydrogen (secondary N) is 1. The van der Waals surface area contributed by atoms with E-state index in [9.17, 15) is 13.2 Å². The second-order valence-electron chi connectivity index (χ2n) is 6.84. The maximum Gasteiger partial charge on any atom is 0.237 e. The highest BCUT2D eigenvalue weighted by atomic mass is 35.5. The highest BCUT2D eigenvalue weighted by Crippen LogP contribution is 2.19. The average Bonchev–Trinajstić information content (AvgIpc) is 2.37. The predicted molar refractivity (Wildman–Crippen MR) is 91.5 cm³/mol. The summed E-state index contributed by atoms with van der Waals surface area (Å²) in [5.41, 5.74) is 5.65. The van der Waals surface area contributed by atoms with Crippen LogP contribution in [-0.4, -0.2) is 49.6 Å². The average molecular weight is 356 g/mol. The van der Waals surface area contributed by atoms with Crippen LogP contribution in [0.3, 0.4) is 0 Å². The van der Waals surface area contributed by atoms with Gasteiger partial charge in [0.25, 0.3) is 0 Å². The third-order valence-electron chi connectivity index (χ3n) is 3.87. The van der Waals surface area contributed by atoms with Gasteiger partial charge < -0.3 is 11.1 Å². The van der Waals surface area contributed by atoms with Crippen molar-refractivity contribution in [3.05, 3.63) is 0 Å². The third kappa shape index (κ3) is 6.02. The number of sulfonamides is 1. The van der Waals surface area contributed by atoms with E-state index < -0.39 is 16.1 Å². The lowest BCUT2D eigenvalue weighted by molar-refractivity contribution is -0.125. The first-order chi connectivity index (χ1) is 9.58. The van der Waals surface area contributed by atoms with Crippen molar-refractivity contribution in [1.29, 1.82) is 0 Å². The Labute approximate surface area is 140 Å². The van der Waals surface area contributed by atoms with E-state index in [2.05, 4.69) is 5.32 Å². The molecule has 3 N–H and O–H groups in total. The summed E-state index contributed by atoms with van der Waals surface area (Å²) in [7, 11) is -3.13. The molecule has 1 heterocycles. The Morgan fingerprint density at radius 2 is 1.82 bits per heavy atom. The lowest BCUT2D eigenvalue weighted by Gasteiger charge is -2.33. The number of nitrogens with two attached hydrogens (primary N) is 1. The molecular formula is C14H30ClN3O3S. The molecule has 6 nitrogen and oxygen atoms in total. The lowest BCUT2D eigenvalue weighted by atomic mass is 9.86. The summed E-state index contributed by atoms with van der Waals surface area (Å²) in [4.78, 5) is 12.1. The van der Waals surface area contributed by atoms with Gasteiger partial charge in [-0.25, -0.2) is 12.7 Å².